The zero-order chi connectivity index (χ0) is 11.7. The van der Waals surface area contributed by atoms with E-state index in [9.17, 15) is 4.79 Å². The van der Waals surface area contributed by atoms with Gasteiger partial charge >= 0.3 is 0 Å². The minimum Gasteiger partial charge on any atom is -0.362 e. The first-order chi connectivity index (χ1) is 7.59. The van der Waals surface area contributed by atoms with Gasteiger partial charge in [-0.25, -0.2) is 4.98 Å². The number of carbonyl (C=O) groups is 1. The number of pyridine rings is 1. The number of carbonyl (C=O) groups excluding carboxylic acids is 1. The van der Waals surface area contributed by atoms with Crippen LogP contribution in [-0.2, 0) is 0 Å². The van der Waals surface area contributed by atoms with E-state index in [1.807, 2.05) is 38.4 Å². The first kappa shape index (κ1) is 10.9. The minimum absolute atomic E-state index is 0.436. The van der Waals surface area contributed by atoms with Gasteiger partial charge in [0.1, 0.15) is 5.82 Å². The molecule has 4 heteroatoms. The van der Waals surface area contributed by atoms with Crippen LogP contribution in [0, 0.1) is 0 Å². The zero-order valence-corrected chi connectivity index (χ0v) is 9.82. The van der Waals surface area contributed by atoms with Gasteiger partial charge in [-0.1, -0.05) is 18.2 Å². The molecule has 0 saturated heterocycles. The molecule has 0 aliphatic heterocycles. The molecule has 3 nitrogen and oxygen atoms in total. The Hall–Kier alpha value is -1.61. The Bertz CT molecular complexity index is 552. The van der Waals surface area contributed by atoms with Gasteiger partial charge in [0.15, 0.2) is 0 Å². The van der Waals surface area contributed by atoms with Crippen molar-refractivity contribution in [1.82, 2.24) is 4.98 Å². The Kier molecular flexibility index (Phi) is 2.79. The fourth-order valence-electron chi connectivity index (χ4n) is 1.59. The Morgan fingerprint density at radius 1 is 1.31 bits per heavy atom. The van der Waals surface area contributed by atoms with Crippen molar-refractivity contribution in [2.45, 2.75) is 0 Å². The highest BCUT2D eigenvalue weighted by Gasteiger charge is 2.13. The summed E-state index contributed by atoms with van der Waals surface area (Å²) in [4.78, 5) is 17.5. The molecule has 0 amide bonds. The van der Waals surface area contributed by atoms with Gasteiger partial charge in [0.05, 0.1) is 11.1 Å². The fraction of sp³-hybridized carbons (Fsp3) is 0.167. The van der Waals surface area contributed by atoms with E-state index < -0.39 is 5.24 Å². The third-order valence-corrected chi connectivity index (χ3v) is 2.54. The van der Waals surface area contributed by atoms with Gasteiger partial charge in [0, 0.05) is 19.5 Å². The molecule has 82 valence electrons. The van der Waals surface area contributed by atoms with Crippen molar-refractivity contribution in [1.29, 1.82) is 0 Å². The van der Waals surface area contributed by atoms with Gasteiger partial charge in [0.25, 0.3) is 5.24 Å². The maximum Gasteiger partial charge on any atom is 0.256 e. The van der Waals surface area contributed by atoms with E-state index >= 15 is 0 Å². The lowest BCUT2D eigenvalue weighted by atomic mass is 10.1. The molecule has 0 atom stereocenters. The molecule has 0 bridgehead atoms. The second-order valence-corrected chi connectivity index (χ2v) is 4.06. The molecule has 0 spiro atoms. The summed E-state index contributed by atoms with van der Waals surface area (Å²) in [5.74, 6) is 0.596. The first-order valence-corrected chi connectivity index (χ1v) is 5.24. The number of benzene rings is 1. The molecule has 0 fully saturated rings. The number of nitrogens with zero attached hydrogens (tertiary/aromatic N) is 2. The van der Waals surface area contributed by atoms with Gasteiger partial charge in [-0.2, -0.15) is 0 Å². The van der Waals surface area contributed by atoms with E-state index in [0.29, 0.717) is 11.4 Å². The van der Waals surface area contributed by atoms with Gasteiger partial charge < -0.3 is 4.90 Å². The summed E-state index contributed by atoms with van der Waals surface area (Å²) in [6, 6.07) is 9.40. The maximum atomic E-state index is 11.3. The SMILES string of the molecule is CN(C)c1nc2ccccc2cc1C(=O)Cl. The Morgan fingerprint density at radius 3 is 2.62 bits per heavy atom. The predicted molar refractivity (Wildman–Crippen MR) is 66.3 cm³/mol. The van der Waals surface area contributed by atoms with Gasteiger partial charge in [-0.05, 0) is 23.7 Å². The van der Waals surface area contributed by atoms with Crippen LogP contribution in [0.25, 0.3) is 10.9 Å². The Labute approximate surface area is 98.7 Å². The fourth-order valence-corrected chi connectivity index (χ4v) is 1.73. The number of hydrogen-bond donors (Lipinski definition) is 0. The van der Waals surface area contributed by atoms with Crippen LogP contribution in [0.2, 0.25) is 0 Å². The number of anilines is 1. The van der Waals surface area contributed by atoms with E-state index in [1.165, 1.54) is 0 Å². The summed E-state index contributed by atoms with van der Waals surface area (Å²) < 4.78 is 0. The molecule has 0 radical (unpaired) electrons. The molecule has 0 saturated carbocycles. The smallest absolute Gasteiger partial charge is 0.256 e. The topological polar surface area (TPSA) is 33.2 Å². The molecule has 0 unspecified atom stereocenters. The molecule has 1 aromatic carbocycles. The van der Waals surface area contributed by atoms with Crippen molar-refractivity contribution < 1.29 is 4.79 Å². The molecule has 0 aliphatic rings. The van der Waals surface area contributed by atoms with Crippen LogP contribution in [0.15, 0.2) is 30.3 Å². The summed E-state index contributed by atoms with van der Waals surface area (Å²) in [6.07, 6.45) is 0. The van der Waals surface area contributed by atoms with Gasteiger partial charge in [-0.15, -0.1) is 0 Å². The lowest BCUT2D eigenvalue weighted by Gasteiger charge is -2.15. The minimum atomic E-state index is -0.484. The van der Waals surface area contributed by atoms with Crippen LogP contribution in [0.1, 0.15) is 10.4 Å². The third kappa shape index (κ3) is 1.86. The van der Waals surface area contributed by atoms with E-state index in [1.54, 1.807) is 11.0 Å². The average Bonchev–Trinajstić information content (AvgIpc) is 2.27. The monoisotopic (exact) mass is 234 g/mol. The highest BCUT2D eigenvalue weighted by atomic mass is 35.5. The van der Waals surface area contributed by atoms with Crippen molar-refractivity contribution >= 4 is 33.6 Å². The zero-order valence-electron chi connectivity index (χ0n) is 9.07. The van der Waals surface area contributed by atoms with E-state index in [-0.39, 0.29) is 0 Å². The van der Waals surface area contributed by atoms with Crippen molar-refractivity contribution in [3.8, 4) is 0 Å². The molecule has 2 rings (SSSR count). The van der Waals surface area contributed by atoms with Crippen LogP contribution in [-0.4, -0.2) is 24.3 Å². The van der Waals surface area contributed by atoms with E-state index in [4.69, 9.17) is 11.6 Å². The number of hydrogen-bond acceptors (Lipinski definition) is 3. The number of aromatic nitrogens is 1. The van der Waals surface area contributed by atoms with Gasteiger partial charge in [0.2, 0.25) is 0 Å². The number of rotatable bonds is 2. The summed E-state index contributed by atoms with van der Waals surface area (Å²) in [5.41, 5.74) is 1.29. The summed E-state index contributed by atoms with van der Waals surface area (Å²) >= 11 is 5.55. The molecule has 1 heterocycles. The number of para-hydroxylation sites is 1. The van der Waals surface area contributed by atoms with Crippen LogP contribution < -0.4 is 4.90 Å². The second kappa shape index (κ2) is 4.10. The summed E-state index contributed by atoms with van der Waals surface area (Å²) in [5, 5.41) is 0.430. The van der Waals surface area contributed by atoms with Crippen molar-refractivity contribution in [2.24, 2.45) is 0 Å². The van der Waals surface area contributed by atoms with E-state index in [0.717, 1.165) is 10.9 Å². The first-order valence-electron chi connectivity index (χ1n) is 4.86. The van der Waals surface area contributed by atoms with Crippen molar-refractivity contribution in [2.75, 3.05) is 19.0 Å². The highest BCUT2D eigenvalue weighted by molar-refractivity contribution is 6.68. The normalized spacial score (nSPS) is 10.4. The Morgan fingerprint density at radius 2 is 2.00 bits per heavy atom. The average molecular weight is 235 g/mol. The predicted octanol–water partition coefficient (Wildman–Crippen LogP) is 2.68. The van der Waals surface area contributed by atoms with Crippen LogP contribution in [0.4, 0.5) is 5.82 Å². The van der Waals surface area contributed by atoms with Crippen molar-refractivity contribution in [3.05, 3.63) is 35.9 Å². The number of halogens is 1. The van der Waals surface area contributed by atoms with Crippen LogP contribution >= 0.6 is 11.6 Å². The summed E-state index contributed by atoms with van der Waals surface area (Å²) in [6.45, 7) is 0. The maximum absolute atomic E-state index is 11.3. The molecule has 1 aromatic heterocycles. The molecule has 16 heavy (non-hydrogen) atoms. The van der Waals surface area contributed by atoms with Crippen molar-refractivity contribution in [3.63, 3.8) is 0 Å². The molecule has 0 aliphatic carbocycles. The van der Waals surface area contributed by atoms with Crippen LogP contribution in [0.3, 0.4) is 0 Å². The van der Waals surface area contributed by atoms with Gasteiger partial charge in [-0.3, -0.25) is 4.79 Å². The standard InChI is InChI=1S/C12H11ClN2O/c1-15(2)12-9(11(13)16)7-8-5-3-4-6-10(8)14-12/h3-7H,1-2H3. The molecular weight excluding hydrogens is 224 g/mol. The summed E-state index contributed by atoms with van der Waals surface area (Å²) in [7, 11) is 3.67. The van der Waals surface area contributed by atoms with E-state index in [2.05, 4.69) is 4.98 Å². The molecule has 0 N–H and O–H groups in total. The highest BCUT2D eigenvalue weighted by Crippen LogP contribution is 2.23. The second-order valence-electron chi connectivity index (χ2n) is 3.72. The largest absolute Gasteiger partial charge is 0.362 e. The molecule has 2 aromatic rings. The number of fused-ring (bicyclic) bond motifs is 1. The molecular formula is C12H11ClN2O. The lowest BCUT2D eigenvalue weighted by molar-refractivity contribution is 0.108. The van der Waals surface area contributed by atoms with Crippen LogP contribution in [0.5, 0.6) is 0 Å². The lowest BCUT2D eigenvalue weighted by Crippen LogP contribution is -2.14. The quantitative estimate of drug-likeness (QED) is 0.749. The third-order valence-electron chi connectivity index (χ3n) is 2.34. The Balaban J connectivity index is 2.76.